The SMILES string of the molecule is C=C(C)C(=O)OC1CCC(C)(OC(C)C(C)(O)C(F)(F)F)C1. The number of carbonyl (C=O) groups is 1. The second kappa shape index (κ2) is 6.20. The fraction of sp³-hybridized carbons (Fsp3) is 0.800. The predicted molar refractivity (Wildman–Crippen MR) is 74.2 cm³/mol. The van der Waals surface area contributed by atoms with E-state index in [1.165, 1.54) is 13.8 Å². The number of alkyl halides is 3. The largest absolute Gasteiger partial charge is 0.459 e. The smallest absolute Gasteiger partial charge is 0.419 e. The van der Waals surface area contributed by atoms with Gasteiger partial charge in [-0.1, -0.05) is 6.58 Å². The van der Waals surface area contributed by atoms with E-state index in [0.29, 0.717) is 19.8 Å². The molecule has 1 aliphatic carbocycles. The minimum absolute atomic E-state index is 0.267. The van der Waals surface area contributed by atoms with Gasteiger partial charge in [-0.3, -0.25) is 0 Å². The Kier molecular flexibility index (Phi) is 5.34. The lowest BCUT2D eigenvalue weighted by Crippen LogP contribution is -2.54. The lowest BCUT2D eigenvalue weighted by molar-refractivity contribution is -0.297. The Morgan fingerprint density at radius 1 is 1.45 bits per heavy atom. The van der Waals surface area contributed by atoms with Gasteiger partial charge in [0.1, 0.15) is 6.10 Å². The Morgan fingerprint density at radius 3 is 2.45 bits per heavy atom. The molecule has 0 aromatic rings. The van der Waals surface area contributed by atoms with Crippen molar-refractivity contribution in [3.63, 3.8) is 0 Å². The zero-order chi connectivity index (χ0) is 17.3. The molecule has 4 atom stereocenters. The van der Waals surface area contributed by atoms with E-state index in [4.69, 9.17) is 9.47 Å². The summed E-state index contributed by atoms with van der Waals surface area (Å²) in [6, 6.07) is 0. The molecule has 0 amide bonds. The van der Waals surface area contributed by atoms with Crippen molar-refractivity contribution in [3.05, 3.63) is 12.2 Å². The van der Waals surface area contributed by atoms with Crippen molar-refractivity contribution in [2.75, 3.05) is 0 Å². The Bertz CT molecular complexity index is 445. The zero-order valence-electron chi connectivity index (χ0n) is 13.3. The number of carbonyl (C=O) groups excluding carboxylic acids is 1. The first-order valence-electron chi connectivity index (χ1n) is 7.12. The lowest BCUT2D eigenvalue weighted by Gasteiger charge is -2.37. The van der Waals surface area contributed by atoms with E-state index in [2.05, 4.69) is 6.58 Å². The molecule has 0 saturated heterocycles. The third-order valence-electron chi connectivity index (χ3n) is 4.10. The zero-order valence-corrected chi connectivity index (χ0v) is 13.3. The average Bonchev–Trinajstić information content (AvgIpc) is 2.68. The quantitative estimate of drug-likeness (QED) is 0.623. The second-order valence-electron chi connectivity index (χ2n) is 6.41. The normalized spacial score (nSPS) is 29.7. The average molecular weight is 324 g/mol. The maximum Gasteiger partial charge on any atom is 0.419 e. The van der Waals surface area contributed by atoms with Gasteiger partial charge in [0.25, 0.3) is 0 Å². The highest BCUT2D eigenvalue weighted by atomic mass is 19.4. The highest BCUT2D eigenvalue weighted by Gasteiger charge is 2.56. The molecule has 1 saturated carbocycles. The van der Waals surface area contributed by atoms with Crippen LogP contribution >= 0.6 is 0 Å². The standard InChI is InChI=1S/C15H23F3O4/c1-9(2)12(19)21-11-6-7-13(4,8-11)22-10(3)14(5,20)15(16,17)18/h10-11,20H,1,6-8H2,2-5H3. The summed E-state index contributed by atoms with van der Waals surface area (Å²) in [5.41, 5.74) is -3.56. The molecule has 0 spiro atoms. The van der Waals surface area contributed by atoms with Crippen molar-refractivity contribution in [1.29, 1.82) is 0 Å². The molecular weight excluding hydrogens is 301 g/mol. The molecule has 0 aliphatic heterocycles. The molecule has 0 aromatic carbocycles. The van der Waals surface area contributed by atoms with Gasteiger partial charge >= 0.3 is 12.1 Å². The first-order chi connectivity index (χ1) is 9.78. The van der Waals surface area contributed by atoms with Gasteiger partial charge in [-0.15, -0.1) is 0 Å². The molecule has 0 aromatic heterocycles. The van der Waals surface area contributed by atoms with Crippen LogP contribution in [0, 0.1) is 0 Å². The summed E-state index contributed by atoms with van der Waals surface area (Å²) in [5, 5.41) is 9.63. The summed E-state index contributed by atoms with van der Waals surface area (Å²) in [4.78, 5) is 11.5. The molecule has 0 heterocycles. The van der Waals surface area contributed by atoms with E-state index in [1.807, 2.05) is 0 Å². The Labute approximate surface area is 128 Å². The van der Waals surface area contributed by atoms with Crippen LogP contribution in [0.15, 0.2) is 12.2 Å². The molecule has 1 N–H and O–H groups in total. The summed E-state index contributed by atoms with van der Waals surface area (Å²) in [6.45, 7) is 8.53. The third kappa shape index (κ3) is 4.23. The van der Waals surface area contributed by atoms with E-state index >= 15 is 0 Å². The van der Waals surface area contributed by atoms with Gasteiger partial charge < -0.3 is 14.6 Å². The predicted octanol–water partition coefficient (Wildman–Crippen LogP) is 3.14. The highest BCUT2D eigenvalue weighted by Crippen LogP contribution is 2.40. The molecule has 4 nitrogen and oxygen atoms in total. The van der Waals surface area contributed by atoms with E-state index in [9.17, 15) is 23.1 Å². The molecule has 1 aliphatic rings. The number of esters is 1. The summed E-state index contributed by atoms with van der Waals surface area (Å²) in [7, 11) is 0. The maximum atomic E-state index is 12.8. The van der Waals surface area contributed by atoms with E-state index in [0.717, 1.165) is 0 Å². The molecular formula is C15H23F3O4. The van der Waals surface area contributed by atoms with Crippen LogP contribution in [0.5, 0.6) is 0 Å². The van der Waals surface area contributed by atoms with Crippen molar-refractivity contribution in [2.24, 2.45) is 0 Å². The number of rotatable bonds is 5. The Hall–Kier alpha value is -1.08. The Balaban J connectivity index is 2.67. The molecule has 4 unspecified atom stereocenters. The van der Waals surface area contributed by atoms with E-state index in [1.54, 1.807) is 6.92 Å². The maximum absolute atomic E-state index is 12.8. The number of aliphatic hydroxyl groups is 1. The van der Waals surface area contributed by atoms with Crippen molar-refractivity contribution in [3.8, 4) is 0 Å². The first-order valence-corrected chi connectivity index (χ1v) is 7.12. The van der Waals surface area contributed by atoms with Gasteiger partial charge in [0, 0.05) is 12.0 Å². The lowest BCUT2D eigenvalue weighted by atomic mass is 9.97. The topological polar surface area (TPSA) is 55.8 Å². The summed E-state index contributed by atoms with van der Waals surface area (Å²) in [5.74, 6) is -0.524. The molecule has 22 heavy (non-hydrogen) atoms. The van der Waals surface area contributed by atoms with Crippen molar-refractivity contribution >= 4 is 5.97 Å². The molecule has 7 heteroatoms. The van der Waals surface area contributed by atoms with Crippen LogP contribution in [0.25, 0.3) is 0 Å². The number of ether oxygens (including phenoxy) is 2. The third-order valence-corrected chi connectivity index (χ3v) is 4.10. The minimum atomic E-state index is -4.78. The van der Waals surface area contributed by atoms with E-state index < -0.39 is 35.6 Å². The fourth-order valence-corrected chi connectivity index (χ4v) is 2.38. The molecule has 1 fully saturated rings. The van der Waals surface area contributed by atoms with Crippen molar-refractivity contribution in [2.45, 2.75) is 76.5 Å². The van der Waals surface area contributed by atoms with Crippen LogP contribution < -0.4 is 0 Å². The summed E-state index contributed by atoms with van der Waals surface area (Å²) >= 11 is 0. The highest BCUT2D eigenvalue weighted by molar-refractivity contribution is 5.87. The molecule has 1 rings (SSSR count). The second-order valence-corrected chi connectivity index (χ2v) is 6.41. The van der Waals surface area contributed by atoms with Crippen LogP contribution in [-0.4, -0.2) is 40.7 Å². The summed E-state index contributed by atoms with van der Waals surface area (Å²) in [6.07, 6.45) is -5.42. The van der Waals surface area contributed by atoms with Gasteiger partial charge in [-0.2, -0.15) is 13.2 Å². The first kappa shape index (κ1) is 19.0. The van der Waals surface area contributed by atoms with Gasteiger partial charge in [0.05, 0.1) is 11.7 Å². The van der Waals surface area contributed by atoms with Crippen LogP contribution in [0.3, 0.4) is 0 Å². The van der Waals surface area contributed by atoms with Crippen LogP contribution in [-0.2, 0) is 14.3 Å². The number of hydrogen-bond donors (Lipinski definition) is 1. The van der Waals surface area contributed by atoms with Gasteiger partial charge in [0.15, 0.2) is 5.60 Å². The van der Waals surface area contributed by atoms with Crippen LogP contribution in [0.1, 0.15) is 47.0 Å². The van der Waals surface area contributed by atoms with Crippen LogP contribution in [0.4, 0.5) is 13.2 Å². The fourth-order valence-electron chi connectivity index (χ4n) is 2.38. The Morgan fingerprint density at radius 2 is 2.00 bits per heavy atom. The molecule has 0 radical (unpaired) electrons. The van der Waals surface area contributed by atoms with Gasteiger partial charge in [-0.05, 0) is 40.5 Å². The van der Waals surface area contributed by atoms with Gasteiger partial charge in [0.2, 0.25) is 0 Å². The van der Waals surface area contributed by atoms with Crippen molar-refractivity contribution < 1.29 is 32.5 Å². The van der Waals surface area contributed by atoms with E-state index in [-0.39, 0.29) is 12.0 Å². The van der Waals surface area contributed by atoms with Crippen molar-refractivity contribution in [1.82, 2.24) is 0 Å². The van der Waals surface area contributed by atoms with Gasteiger partial charge in [-0.25, -0.2) is 4.79 Å². The summed E-state index contributed by atoms with van der Waals surface area (Å²) < 4.78 is 49.1. The minimum Gasteiger partial charge on any atom is -0.459 e. The van der Waals surface area contributed by atoms with Crippen LogP contribution in [0.2, 0.25) is 0 Å². The molecule has 0 bridgehead atoms. The number of halogens is 3. The number of hydrogen-bond acceptors (Lipinski definition) is 4. The monoisotopic (exact) mass is 324 g/mol. The molecule has 128 valence electrons.